The zero-order chi connectivity index (χ0) is 24.2. The molecule has 3 rings (SSSR count). The van der Waals surface area contributed by atoms with Crippen molar-refractivity contribution < 1.29 is 14.3 Å². The average molecular weight is 484 g/mol. The Morgan fingerprint density at radius 3 is 2.65 bits per heavy atom. The summed E-state index contributed by atoms with van der Waals surface area (Å²) in [5.41, 5.74) is 4.39. The molecule has 0 saturated heterocycles. The molecule has 0 fully saturated rings. The van der Waals surface area contributed by atoms with Crippen molar-refractivity contribution in [2.75, 3.05) is 32.6 Å². The maximum absolute atomic E-state index is 11.8. The lowest BCUT2D eigenvalue weighted by atomic mass is 10.2. The molecule has 0 atom stereocenters. The molecule has 0 spiro atoms. The summed E-state index contributed by atoms with van der Waals surface area (Å²) in [6.07, 6.45) is 5.27. The Morgan fingerprint density at radius 1 is 1.06 bits per heavy atom. The number of carbonyl (C=O) groups is 1. The third kappa shape index (κ3) is 7.77. The van der Waals surface area contributed by atoms with Gasteiger partial charge in [0, 0.05) is 44.2 Å². The Morgan fingerprint density at radius 2 is 1.88 bits per heavy atom. The van der Waals surface area contributed by atoms with Crippen LogP contribution in [-0.4, -0.2) is 48.1 Å². The van der Waals surface area contributed by atoms with Crippen LogP contribution in [0.15, 0.2) is 47.6 Å². The number of thioether (sulfide) groups is 1. The lowest BCUT2D eigenvalue weighted by molar-refractivity contribution is -0.121. The average Bonchev–Trinajstić information content (AvgIpc) is 3.20. The maximum atomic E-state index is 11.8. The smallest absolute Gasteiger partial charge is 0.219 e. The summed E-state index contributed by atoms with van der Waals surface area (Å²) in [4.78, 5) is 16.7. The molecule has 0 radical (unpaired) electrons. The number of unbranched alkanes of at least 4 members (excludes halogenated alkanes) is 2. The van der Waals surface area contributed by atoms with E-state index in [9.17, 15) is 4.79 Å². The first kappa shape index (κ1) is 26.1. The summed E-state index contributed by atoms with van der Waals surface area (Å²) < 4.78 is 13.3. The number of nitrogens with zero attached hydrogens (tertiary/aromatic N) is 2. The van der Waals surface area contributed by atoms with Gasteiger partial charge in [-0.25, -0.2) is 4.98 Å². The largest absolute Gasteiger partial charge is 0.494 e. The first-order valence-electron chi connectivity index (χ1n) is 12.2. The van der Waals surface area contributed by atoms with Crippen LogP contribution in [0.4, 0.5) is 0 Å². The number of aromatic nitrogens is 2. The van der Waals surface area contributed by atoms with Crippen LogP contribution in [0.2, 0.25) is 0 Å². The topological polar surface area (TPSA) is 65.4 Å². The minimum absolute atomic E-state index is 0.114. The van der Waals surface area contributed by atoms with Crippen molar-refractivity contribution in [1.29, 1.82) is 0 Å². The molecule has 1 amide bonds. The summed E-state index contributed by atoms with van der Waals surface area (Å²) >= 11 is 1.79. The van der Waals surface area contributed by atoms with Gasteiger partial charge in [-0.2, -0.15) is 0 Å². The van der Waals surface area contributed by atoms with Crippen molar-refractivity contribution in [1.82, 2.24) is 14.9 Å². The Kier molecular flexibility index (Phi) is 10.8. The molecule has 0 bridgehead atoms. The molecule has 0 unspecified atom stereocenters. The molecular formula is C27H37N3O3S. The number of rotatable bonds is 15. The zero-order valence-corrected chi connectivity index (χ0v) is 21.5. The fourth-order valence-electron chi connectivity index (χ4n) is 3.64. The third-order valence-electron chi connectivity index (χ3n) is 5.49. The van der Waals surface area contributed by atoms with E-state index in [1.807, 2.05) is 12.1 Å². The van der Waals surface area contributed by atoms with Crippen molar-refractivity contribution in [2.24, 2.45) is 0 Å². The quantitative estimate of drug-likeness (QED) is 0.214. The molecular weight excluding hydrogens is 446 g/mol. The molecule has 0 aliphatic carbocycles. The van der Waals surface area contributed by atoms with Gasteiger partial charge in [0.15, 0.2) is 5.16 Å². The number of amides is 1. The molecule has 34 heavy (non-hydrogen) atoms. The monoisotopic (exact) mass is 483 g/mol. The van der Waals surface area contributed by atoms with E-state index in [1.54, 1.807) is 18.9 Å². The number of aryl methyl sites for hydroxylation is 1. The lowest BCUT2D eigenvalue weighted by Gasteiger charge is -2.10. The van der Waals surface area contributed by atoms with E-state index in [4.69, 9.17) is 14.5 Å². The Hall–Kier alpha value is -2.51. The number of fused-ring (bicyclic) bond motifs is 1. The second-order valence-corrected chi connectivity index (χ2v) is 9.48. The fourth-order valence-corrected chi connectivity index (χ4v) is 4.53. The van der Waals surface area contributed by atoms with Gasteiger partial charge in [0.25, 0.3) is 0 Å². The van der Waals surface area contributed by atoms with E-state index in [0.29, 0.717) is 26.2 Å². The van der Waals surface area contributed by atoms with Crippen LogP contribution in [-0.2, 0) is 9.53 Å². The second kappa shape index (κ2) is 14.0. The second-order valence-electron chi connectivity index (χ2n) is 8.42. The summed E-state index contributed by atoms with van der Waals surface area (Å²) in [6.45, 7) is 6.28. The molecule has 6 nitrogen and oxygen atoms in total. The van der Waals surface area contributed by atoms with E-state index < -0.39 is 0 Å². The summed E-state index contributed by atoms with van der Waals surface area (Å²) in [6, 6.07) is 14.7. The predicted molar refractivity (Wildman–Crippen MR) is 140 cm³/mol. The van der Waals surface area contributed by atoms with Crippen molar-refractivity contribution >= 4 is 28.7 Å². The maximum Gasteiger partial charge on any atom is 0.219 e. The molecule has 1 heterocycles. The van der Waals surface area contributed by atoms with E-state index >= 15 is 0 Å². The molecule has 1 aromatic heterocycles. The lowest BCUT2D eigenvalue weighted by Crippen LogP contribution is -2.24. The standard InChI is InChI=1S/C27H37N3O3S/c1-4-19-34-27-29-24-15-14-23(20-25(24)30(27)22-12-10-21(2)11-13-22)33-18-7-5-6-9-26(31)28-16-8-17-32-3/h10-15,20H,4-9,16-19H2,1-3H3,(H,28,31). The fraction of sp³-hybridized carbons (Fsp3) is 0.481. The van der Waals surface area contributed by atoms with Gasteiger partial charge >= 0.3 is 0 Å². The number of benzene rings is 2. The van der Waals surface area contributed by atoms with Gasteiger partial charge in [0.1, 0.15) is 5.75 Å². The van der Waals surface area contributed by atoms with Crippen LogP contribution in [0, 0.1) is 6.92 Å². The molecule has 0 aliphatic heterocycles. The molecule has 2 aromatic carbocycles. The van der Waals surface area contributed by atoms with Gasteiger partial charge in [-0.3, -0.25) is 9.36 Å². The highest BCUT2D eigenvalue weighted by Crippen LogP contribution is 2.31. The third-order valence-corrected chi connectivity index (χ3v) is 6.63. The Balaban J connectivity index is 1.55. The highest BCUT2D eigenvalue weighted by Gasteiger charge is 2.14. The van der Waals surface area contributed by atoms with Gasteiger partial charge in [0.2, 0.25) is 5.91 Å². The zero-order valence-electron chi connectivity index (χ0n) is 20.6. The SMILES string of the molecule is CCCSc1nc2ccc(OCCCCCC(=O)NCCCOC)cc2n1-c1ccc(C)cc1. The number of hydrogen-bond donors (Lipinski definition) is 1. The van der Waals surface area contributed by atoms with Crippen LogP contribution < -0.4 is 10.1 Å². The van der Waals surface area contributed by atoms with Gasteiger partial charge in [-0.15, -0.1) is 0 Å². The van der Waals surface area contributed by atoms with Gasteiger partial charge < -0.3 is 14.8 Å². The predicted octanol–water partition coefficient (Wildman–Crippen LogP) is 5.93. The van der Waals surface area contributed by atoms with Gasteiger partial charge in [-0.05, 0) is 63.3 Å². The molecule has 1 N–H and O–H groups in total. The van der Waals surface area contributed by atoms with Crippen LogP contribution >= 0.6 is 11.8 Å². The highest BCUT2D eigenvalue weighted by molar-refractivity contribution is 7.99. The van der Waals surface area contributed by atoms with E-state index in [0.717, 1.165) is 65.5 Å². The van der Waals surface area contributed by atoms with Crippen molar-refractivity contribution in [3.8, 4) is 11.4 Å². The summed E-state index contributed by atoms with van der Waals surface area (Å²) in [5, 5.41) is 3.94. The van der Waals surface area contributed by atoms with Crippen LogP contribution in [0.3, 0.4) is 0 Å². The number of carbonyl (C=O) groups excluding carboxylic acids is 1. The van der Waals surface area contributed by atoms with E-state index in [1.165, 1.54) is 5.56 Å². The number of ether oxygens (including phenoxy) is 2. The van der Waals surface area contributed by atoms with Crippen LogP contribution in [0.1, 0.15) is 51.0 Å². The number of nitrogens with one attached hydrogen (secondary N) is 1. The molecule has 3 aromatic rings. The minimum Gasteiger partial charge on any atom is -0.494 e. The summed E-state index contributed by atoms with van der Waals surface area (Å²) in [7, 11) is 1.67. The molecule has 0 aliphatic rings. The molecule has 0 saturated carbocycles. The molecule has 184 valence electrons. The number of hydrogen-bond acceptors (Lipinski definition) is 5. The van der Waals surface area contributed by atoms with E-state index in [2.05, 4.69) is 54.1 Å². The van der Waals surface area contributed by atoms with Gasteiger partial charge in [0.05, 0.1) is 17.6 Å². The number of imidazole rings is 1. The minimum atomic E-state index is 0.114. The first-order chi connectivity index (χ1) is 16.6. The van der Waals surface area contributed by atoms with Crippen molar-refractivity contribution in [3.63, 3.8) is 0 Å². The van der Waals surface area contributed by atoms with Crippen molar-refractivity contribution in [2.45, 2.75) is 57.5 Å². The molecule has 7 heteroatoms. The first-order valence-corrected chi connectivity index (χ1v) is 13.2. The van der Waals surface area contributed by atoms with Crippen molar-refractivity contribution in [3.05, 3.63) is 48.0 Å². The van der Waals surface area contributed by atoms with Crippen LogP contribution in [0.5, 0.6) is 5.75 Å². The Bertz CT molecular complexity index is 1030. The van der Waals surface area contributed by atoms with Gasteiger partial charge in [-0.1, -0.05) is 36.4 Å². The number of methoxy groups -OCH3 is 1. The van der Waals surface area contributed by atoms with E-state index in [-0.39, 0.29) is 5.91 Å². The van der Waals surface area contributed by atoms with Crippen LogP contribution in [0.25, 0.3) is 16.7 Å². The highest BCUT2D eigenvalue weighted by atomic mass is 32.2. The normalized spacial score (nSPS) is 11.1. The Labute approximate surface area is 207 Å². The summed E-state index contributed by atoms with van der Waals surface area (Å²) in [5.74, 6) is 2.00.